The van der Waals surface area contributed by atoms with Gasteiger partial charge in [-0.05, 0) is 38.1 Å². The predicted molar refractivity (Wildman–Crippen MR) is 144 cm³/mol. The van der Waals surface area contributed by atoms with Crippen LogP contribution >= 0.6 is 45.1 Å². The van der Waals surface area contributed by atoms with Crippen molar-refractivity contribution in [3.05, 3.63) is 58.7 Å². The average molecular weight is 565 g/mol. The van der Waals surface area contributed by atoms with E-state index in [9.17, 15) is 29.4 Å². The van der Waals surface area contributed by atoms with Crippen LogP contribution in [0.15, 0.2) is 46.2 Å². The van der Waals surface area contributed by atoms with E-state index in [4.69, 9.17) is 0 Å². The summed E-state index contributed by atoms with van der Waals surface area (Å²) in [6.45, 7) is 4.46. The zero-order valence-electron chi connectivity index (χ0n) is 19.5. The van der Waals surface area contributed by atoms with Gasteiger partial charge in [-0.1, -0.05) is 44.8 Å². The van der Waals surface area contributed by atoms with Gasteiger partial charge in [0.15, 0.2) is 10.7 Å². The van der Waals surface area contributed by atoms with E-state index in [1.54, 1.807) is 12.1 Å². The van der Waals surface area contributed by atoms with E-state index in [2.05, 4.69) is 0 Å². The number of carbonyl (C=O) groups excluding carboxylic acids is 2. The van der Waals surface area contributed by atoms with E-state index in [1.807, 2.05) is 38.1 Å². The van der Waals surface area contributed by atoms with Crippen LogP contribution in [0.1, 0.15) is 31.8 Å². The maximum Gasteiger partial charge on any atom is 0.337 e. The summed E-state index contributed by atoms with van der Waals surface area (Å²) < 4.78 is 0. The summed E-state index contributed by atoms with van der Waals surface area (Å²) in [5.74, 6) is -1.62. The van der Waals surface area contributed by atoms with Crippen LogP contribution in [-0.4, -0.2) is 79.1 Å². The Hall–Kier alpha value is -2.28. The Morgan fingerprint density at radius 2 is 1.14 bits per heavy atom. The molecule has 2 atom stereocenters. The number of amides is 2. The van der Waals surface area contributed by atoms with E-state index in [0.29, 0.717) is 45.5 Å². The quantitative estimate of drug-likeness (QED) is 0.472. The Kier molecular flexibility index (Phi) is 8.48. The average Bonchev–Trinajstić information content (AvgIpc) is 3.53. The third kappa shape index (κ3) is 5.66. The lowest BCUT2D eigenvalue weighted by Gasteiger charge is -2.23. The standard InChI is InChI=1S/C24H24N2O6S4/c1-13-3-5-17(15(11-13)19(27)25-7-9-33-21(25)23(29)30)35-36-18-6-4-14(2)12-16(18)20(28)26-8-10-34-22(26)24(31)32/h3-6,11-12,21-22H,7-10H2,1-2H3,(H,29,30)(H,31,32). The molecule has 36 heavy (non-hydrogen) atoms. The van der Waals surface area contributed by atoms with Crippen molar-refractivity contribution in [2.75, 3.05) is 24.6 Å². The summed E-state index contributed by atoms with van der Waals surface area (Å²) in [5.41, 5.74) is 2.60. The zero-order valence-corrected chi connectivity index (χ0v) is 22.8. The Morgan fingerprint density at radius 1 is 0.750 bits per heavy atom. The van der Waals surface area contributed by atoms with Gasteiger partial charge in [0.05, 0.1) is 11.1 Å². The fraction of sp³-hybridized carbons (Fsp3) is 0.333. The molecule has 190 valence electrons. The predicted octanol–water partition coefficient (Wildman–Crippen LogP) is 4.30. The first-order chi connectivity index (χ1) is 17.2. The molecule has 0 radical (unpaired) electrons. The maximum atomic E-state index is 13.3. The molecule has 0 aromatic heterocycles. The second-order valence-electron chi connectivity index (χ2n) is 8.29. The van der Waals surface area contributed by atoms with Crippen LogP contribution in [0.5, 0.6) is 0 Å². The number of rotatable bonds is 7. The molecule has 2 amide bonds. The van der Waals surface area contributed by atoms with E-state index in [-0.39, 0.29) is 11.8 Å². The molecule has 2 aliphatic rings. The molecule has 0 aliphatic carbocycles. The molecular weight excluding hydrogens is 541 g/mol. The molecule has 2 fully saturated rings. The fourth-order valence-electron chi connectivity index (χ4n) is 3.93. The summed E-state index contributed by atoms with van der Waals surface area (Å²) in [5, 5.41) is 17.2. The minimum absolute atomic E-state index is 0.335. The Balaban J connectivity index is 1.59. The lowest BCUT2D eigenvalue weighted by Crippen LogP contribution is -2.39. The summed E-state index contributed by atoms with van der Waals surface area (Å²) in [4.78, 5) is 54.0. The first-order valence-corrected chi connectivity index (χ1v) is 15.3. The van der Waals surface area contributed by atoms with E-state index in [0.717, 1.165) is 11.1 Å². The first kappa shape index (κ1) is 26.8. The van der Waals surface area contributed by atoms with Crippen LogP contribution < -0.4 is 0 Å². The summed E-state index contributed by atoms with van der Waals surface area (Å²) in [6, 6.07) is 10.9. The molecule has 2 unspecified atom stereocenters. The Bertz CT molecular complexity index is 1130. The van der Waals surface area contributed by atoms with Crippen LogP contribution in [0, 0.1) is 13.8 Å². The molecule has 0 spiro atoms. The fourth-order valence-corrected chi connectivity index (χ4v) is 8.34. The Morgan fingerprint density at radius 3 is 1.50 bits per heavy atom. The lowest BCUT2D eigenvalue weighted by molar-refractivity contribution is -0.139. The normalized spacial score (nSPS) is 19.5. The number of aliphatic carboxylic acids is 2. The summed E-state index contributed by atoms with van der Waals surface area (Å²) >= 11 is 2.46. The van der Waals surface area contributed by atoms with Crippen LogP contribution in [0.25, 0.3) is 0 Å². The van der Waals surface area contributed by atoms with Gasteiger partial charge >= 0.3 is 11.9 Å². The van der Waals surface area contributed by atoms with E-state index >= 15 is 0 Å². The number of carboxylic acids is 2. The largest absolute Gasteiger partial charge is 0.479 e. The highest BCUT2D eigenvalue weighted by molar-refractivity contribution is 8.76. The summed E-state index contributed by atoms with van der Waals surface area (Å²) in [6.07, 6.45) is 0. The van der Waals surface area contributed by atoms with Gasteiger partial charge < -0.3 is 20.0 Å². The molecule has 2 saturated heterocycles. The van der Waals surface area contributed by atoms with Crippen LogP contribution in [0.4, 0.5) is 0 Å². The van der Waals surface area contributed by atoms with Crippen molar-refractivity contribution in [3.8, 4) is 0 Å². The van der Waals surface area contributed by atoms with Crippen molar-refractivity contribution < 1.29 is 29.4 Å². The van der Waals surface area contributed by atoms with Crippen molar-refractivity contribution in [3.63, 3.8) is 0 Å². The highest BCUT2D eigenvalue weighted by Crippen LogP contribution is 2.42. The minimum Gasteiger partial charge on any atom is -0.479 e. The number of thioether (sulfide) groups is 2. The second kappa shape index (κ2) is 11.4. The molecule has 0 saturated carbocycles. The van der Waals surface area contributed by atoms with Gasteiger partial charge in [0.2, 0.25) is 0 Å². The molecule has 8 nitrogen and oxygen atoms in total. The van der Waals surface area contributed by atoms with Gasteiger partial charge in [-0.25, -0.2) is 9.59 Å². The smallest absolute Gasteiger partial charge is 0.337 e. The minimum atomic E-state index is -1.04. The van der Waals surface area contributed by atoms with Gasteiger partial charge in [0, 0.05) is 34.4 Å². The highest BCUT2D eigenvalue weighted by atomic mass is 33.1. The monoisotopic (exact) mass is 564 g/mol. The van der Waals surface area contributed by atoms with Crippen molar-refractivity contribution in [2.24, 2.45) is 0 Å². The van der Waals surface area contributed by atoms with Crippen LogP contribution in [0.2, 0.25) is 0 Å². The number of carboxylic acid groups (broad SMARTS) is 2. The third-order valence-corrected chi connectivity index (χ3v) is 10.5. The first-order valence-electron chi connectivity index (χ1n) is 11.0. The molecule has 2 aliphatic heterocycles. The number of nitrogens with zero attached hydrogens (tertiary/aromatic N) is 2. The number of carbonyl (C=O) groups is 4. The SMILES string of the molecule is Cc1ccc(SSc2ccc(C)cc2C(=O)N2CCSC2C(=O)O)c(C(=O)N2CCSC2C(=O)O)c1. The van der Waals surface area contributed by atoms with Crippen molar-refractivity contribution in [1.29, 1.82) is 0 Å². The molecule has 2 heterocycles. The maximum absolute atomic E-state index is 13.3. The van der Waals surface area contributed by atoms with Gasteiger partial charge in [-0.2, -0.15) is 0 Å². The molecule has 12 heteroatoms. The van der Waals surface area contributed by atoms with Crippen LogP contribution in [0.3, 0.4) is 0 Å². The Labute approximate surface area is 225 Å². The lowest BCUT2D eigenvalue weighted by atomic mass is 10.1. The van der Waals surface area contributed by atoms with Gasteiger partial charge in [0.25, 0.3) is 11.8 Å². The van der Waals surface area contributed by atoms with Crippen LogP contribution in [-0.2, 0) is 9.59 Å². The van der Waals surface area contributed by atoms with Crippen molar-refractivity contribution in [1.82, 2.24) is 9.80 Å². The third-order valence-electron chi connectivity index (χ3n) is 5.68. The number of hydrogen-bond donors (Lipinski definition) is 2. The molecule has 2 aromatic carbocycles. The molecule has 2 aromatic rings. The van der Waals surface area contributed by atoms with Crippen molar-refractivity contribution in [2.45, 2.75) is 34.4 Å². The second-order valence-corrected chi connectivity index (χ2v) is 12.9. The topological polar surface area (TPSA) is 115 Å². The molecule has 0 bridgehead atoms. The summed E-state index contributed by atoms with van der Waals surface area (Å²) in [7, 11) is 2.63. The molecule has 2 N–H and O–H groups in total. The van der Waals surface area contributed by atoms with Gasteiger partial charge in [0.1, 0.15) is 0 Å². The molecular formula is C24H24N2O6S4. The number of benzene rings is 2. The van der Waals surface area contributed by atoms with Gasteiger partial charge in [-0.15, -0.1) is 23.5 Å². The number of aryl methyl sites for hydroxylation is 2. The highest BCUT2D eigenvalue weighted by Gasteiger charge is 2.37. The van der Waals surface area contributed by atoms with Crippen molar-refractivity contribution >= 4 is 68.9 Å². The van der Waals surface area contributed by atoms with E-state index in [1.165, 1.54) is 54.9 Å². The number of hydrogen-bond acceptors (Lipinski definition) is 8. The zero-order chi connectivity index (χ0) is 26.0. The van der Waals surface area contributed by atoms with E-state index < -0.39 is 22.7 Å². The molecule has 4 rings (SSSR count). The van der Waals surface area contributed by atoms with Gasteiger partial charge in [-0.3, -0.25) is 9.59 Å².